The number of carbonyl (C=O) groups excluding carboxylic acids is 3. The van der Waals surface area contributed by atoms with Crippen LogP contribution in [0.3, 0.4) is 0 Å². The van der Waals surface area contributed by atoms with Gasteiger partial charge in [-0.15, -0.1) is 0 Å². The molecule has 3 amide bonds. The van der Waals surface area contributed by atoms with E-state index >= 15 is 0 Å². The predicted molar refractivity (Wildman–Crippen MR) is 91.2 cm³/mol. The second kappa shape index (κ2) is 5.83. The topological polar surface area (TPSA) is 57.7 Å². The van der Waals surface area contributed by atoms with Crippen LogP contribution in [0.15, 0.2) is 0 Å². The molecule has 2 saturated heterocycles. The molecule has 2 heterocycles. The summed E-state index contributed by atoms with van der Waals surface area (Å²) < 4.78 is 0. The van der Waals surface area contributed by atoms with E-state index in [4.69, 9.17) is 0 Å². The molecule has 5 nitrogen and oxygen atoms in total. The molecule has 0 radical (unpaired) electrons. The monoisotopic (exact) mass is 446 g/mol. The Balaban J connectivity index is 1.50. The molecule has 0 unspecified atom stereocenters. The van der Waals surface area contributed by atoms with Gasteiger partial charge in [-0.2, -0.15) is 0 Å². The molecule has 4 rings (SSSR count). The van der Waals surface area contributed by atoms with Crippen LogP contribution in [0.25, 0.3) is 0 Å². The number of alkyl halides is 2. The molecule has 0 spiro atoms. The van der Waals surface area contributed by atoms with Gasteiger partial charge < -0.3 is 4.90 Å². The van der Waals surface area contributed by atoms with E-state index in [1.807, 2.05) is 0 Å². The average molecular weight is 448 g/mol. The number of likely N-dealkylation sites (tertiary alicyclic amines) is 2. The number of fused-ring (bicyclic) bond motifs is 5. The fraction of sp³-hybridized carbons (Fsp3) is 0.812. The number of amides is 3. The van der Waals surface area contributed by atoms with Crippen molar-refractivity contribution in [3.05, 3.63) is 0 Å². The maximum Gasteiger partial charge on any atom is 0.242 e. The first-order valence-corrected chi connectivity index (χ1v) is 10.2. The van der Waals surface area contributed by atoms with Gasteiger partial charge in [0.15, 0.2) is 0 Å². The van der Waals surface area contributed by atoms with E-state index in [2.05, 4.69) is 31.9 Å². The molecule has 7 heteroatoms. The molecular formula is C16H20Br2N2O3. The number of hydrogen-bond acceptors (Lipinski definition) is 3. The van der Waals surface area contributed by atoms with E-state index < -0.39 is 0 Å². The molecule has 23 heavy (non-hydrogen) atoms. The van der Waals surface area contributed by atoms with Crippen LogP contribution in [-0.4, -0.2) is 56.8 Å². The fourth-order valence-electron chi connectivity index (χ4n) is 4.94. The molecule has 0 N–H and O–H groups in total. The number of nitrogens with zero attached hydrogens (tertiary/aromatic N) is 2. The molecule has 126 valence electrons. The largest absolute Gasteiger partial charge is 0.341 e. The van der Waals surface area contributed by atoms with Gasteiger partial charge in [0.1, 0.15) is 6.54 Å². The molecule has 0 aromatic carbocycles. The summed E-state index contributed by atoms with van der Waals surface area (Å²) in [5, 5.41) is 0. The van der Waals surface area contributed by atoms with Gasteiger partial charge in [0.05, 0.1) is 11.8 Å². The third kappa shape index (κ3) is 2.33. The van der Waals surface area contributed by atoms with E-state index in [1.165, 1.54) is 4.90 Å². The summed E-state index contributed by atoms with van der Waals surface area (Å²) in [6.45, 7) is 1.43. The summed E-state index contributed by atoms with van der Waals surface area (Å²) in [6, 6.07) is 0. The lowest BCUT2D eigenvalue weighted by Gasteiger charge is -2.28. The SMILES string of the molecule is O=C(CN1C(=O)[C@H]2[C@@H]3C[C@H]([C@@H](Br)[C@H]3Br)[C@@H]2C1=O)N1CCCCC1. The molecule has 2 saturated carbocycles. The average Bonchev–Trinajstić information content (AvgIpc) is 3.16. The van der Waals surface area contributed by atoms with Crippen molar-refractivity contribution in [3.8, 4) is 0 Å². The number of imide groups is 1. The van der Waals surface area contributed by atoms with Gasteiger partial charge in [0, 0.05) is 22.7 Å². The Bertz CT molecular complexity index is 532. The van der Waals surface area contributed by atoms with Gasteiger partial charge in [0.25, 0.3) is 0 Å². The second-order valence-corrected chi connectivity index (χ2v) is 9.32. The summed E-state index contributed by atoms with van der Waals surface area (Å²) in [5.74, 6) is -0.352. The van der Waals surface area contributed by atoms with Gasteiger partial charge in [-0.3, -0.25) is 19.3 Å². The quantitative estimate of drug-likeness (QED) is 0.478. The van der Waals surface area contributed by atoms with Crippen LogP contribution in [0.1, 0.15) is 25.7 Å². The lowest BCUT2D eigenvalue weighted by Crippen LogP contribution is -2.45. The first kappa shape index (κ1) is 16.1. The number of hydrogen-bond donors (Lipinski definition) is 0. The van der Waals surface area contributed by atoms with Gasteiger partial charge in [0.2, 0.25) is 17.7 Å². The Morgan fingerprint density at radius 2 is 1.48 bits per heavy atom. The van der Waals surface area contributed by atoms with Crippen LogP contribution in [0, 0.1) is 23.7 Å². The highest BCUT2D eigenvalue weighted by Gasteiger charge is 2.66. The molecule has 6 atom stereocenters. The highest BCUT2D eigenvalue weighted by Crippen LogP contribution is 2.60. The lowest BCUT2D eigenvalue weighted by atomic mass is 9.81. The maximum absolute atomic E-state index is 12.8. The second-order valence-electron chi connectivity index (χ2n) is 7.21. The summed E-state index contributed by atoms with van der Waals surface area (Å²) in [6.07, 6.45) is 4.10. The van der Waals surface area contributed by atoms with Crippen molar-refractivity contribution in [1.29, 1.82) is 0 Å². The third-order valence-corrected chi connectivity index (χ3v) is 9.29. The maximum atomic E-state index is 12.8. The predicted octanol–water partition coefficient (Wildman–Crippen LogP) is 1.78. The zero-order valence-electron chi connectivity index (χ0n) is 12.8. The van der Waals surface area contributed by atoms with Crippen molar-refractivity contribution in [2.45, 2.75) is 35.3 Å². The Kier molecular flexibility index (Phi) is 4.07. The molecule has 4 aliphatic rings. The van der Waals surface area contributed by atoms with Crippen LogP contribution in [-0.2, 0) is 14.4 Å². The summed E-state index contributed by atoms with van der Waals surface area (Å²) in [4.78, 5) is 41.5. The normalized spacial score (nSPS) is 42.5. The van der Waals surface area contributed by atoms with E-state index in [9.17, 15) is 14.4 Å². The van der Waals surface area contributed by atoms with Gasteiger partial charge in [-0.25, -0.2) is 0 Å². The van der Waals surface area contributed by atoms with Crippen LogP contribution < -0.4 is 0 Å². The summed E-state index contributed by atoms with van der Waals surface area (Å²) in [7, 11) is 0. The van der Waals surface area contributed by atoms with Gasteiger partial charge >= 0.3 is 0 Å². The number of rotatable bonds is 2. The first-order valence-electron chi connectivity index (χ1n) is 8.42. The van der Waals surface area contributed by atoms with Crippen molar-refractivity contribution < 1.29 is 14.4 Å². The van der Waals surface area contributed by atoms with Crippen molar-refractivity contribution >= 4 is 49.6 Å². The van der Waals surface area contributed by atoms with E-state index in [0.717, 1.165) is 38.8 Å². The molecule has 2 aliphatic carbocycles. The van der Waals surface area contributed by atoms with E-state index in [1.54, 1.807) is 4.90 Å². The molecule has 2 aliphatic heterocycles. The van der Waals surface area contributed by atoms with E-state index in [0.29, 0.717) is 0 Å². The van der Waals surface area contributed by atoms with Crippen molar-refractivity contribution in [2.75, 3.05) is 19.6 Å². The zero-order chi connectivity index (χ0) is 16.3. The Morgan fingerprint density at radius 1 is 0.957 bits per heavy atom. The minimum absolute atomic E-state index is 0.0655. The number of piperidine rings is 1. The minimum atomic E-state index is -0.222. The smallest absolute Gasteiger partial charge is 0.242 e. The first-order chi connectivity index (χ1) is 11.0. The van der Waals surface area contributed by atoms with Gasteiger partial charge in [-0.1, -0.05) is 31.9 Å². The van der Waals surface area contributed by atoms with E-state index in [-0.39, 0.29) is 57.6 Å². The Morgan fingerprint density at radius 3 is 2.00 bits per heavy atom. The molecule has 4 fully saturated rings. The standard InChI is InChI=1S/C16H20Br2N2O3/c17-13-8-6-9(14(13)18)12-11(8)15(22)20(16(12)23)7-10(21)19-4-2-1-3-5-19/h8-9,11-14H,1-7H2/t8-,9-,11-,12-,13-,14+/m0/s1. The van der Waals surface area contributed by atoms with Crippen LogP contribution in [0.4, 0.5) is 0 Å². The summed E-state index contributed by atoms with van der Waals surface area (Å²) in [5.41, 5.74) is 0. The highest BCUT2D eigenvalue weighted by molar-refractivity contribution is 9.12. The molecule has 0 aromatic rings. The minimum Gasteiger partial charge on any atom is -0.341 e. The molecule has 0 aromatic heterocycles. The summed E-state index contributed by atoms with van der Waals surface area (Å²) >= 11 is 7.35. The van der Waals surface area contributed by atoms with Crippen LogP contribution in [0.2, 0.25) is 0 Å². The zero-order valence-corrected chi connectivity index (χ0v) is 16.0. The molecule has 2 bridgehead atoms. The Hall–Kier alpha value is -0.430. The third-order valence-electron chi connectivity index (χ3n) is 6.08. The number of halogens is 2. The van der Waals surface area contributed by atoms with Crippen molar-refractivity contribution in [3.63, 3.8) is 0 Å². The Labute approximate surface area is 152 Å². The fourth-order valence-corrected chi connectivity index (χ4v) is 6.82. The number of carbonyl (C=O) groups is 3. The van der Waals surface area contributed by atoms with Crippen LogP contribution >= 0.6 is 31.9 Å². The van der Waals surface area contributed by atoms with Crippen molar-refractivity contribution in [2.24, 2.45) is 23.7 Å². The molecular weight excluding hydrogens is 428 g/mol. The highest BCUT2D eigenvalue weighted by atomic mass is 79.9. The van der Waals surface area contributed by atoms with Gasteiger partial charge in [-0.05, 0) is 37.5 Å². The van der Waals surface area contributed by atoms with Crippen molar-refractivity contribution in [1.82, 2.24) is 9.80 Å². The van der Waals surface area contributed by atoms with Crippen LogP contribution in [0.5, 0.6) is 0 Å². The lowest BCUT2D eigenvalue weighted by molar-refractivity contribution is -0.147.